The first-order valence-corrected chi connectivity index (χ1v) is 11.7. The van der Waals surface area contributed by atoms with Crippen LogP contribution in [0.2, 0.25) is 0 Å². The molecule has 2 aromatic rings. The zero-order chi connectivity index (χ0) is 24.5. The number of likely N-dealkylation sites (N-methyl/N-ethyl adjacent to an activating group) is 1. The second kappa shape index (κ2) is 12.0. The Bertz CT molecular complexity index is 1020. The van der Waals surface area contributed by atoms with E-state index in [0.29, 0.717) is 31.5 Å². The number of amides is 2. The fourth-order valence-electron chi connectivity index (χ4n) is 4.26. The Labute approximate surface area is 200 Å². The number of unbranched alkanes of at least 4 members (excludes halogenated alkanes) is 1. The quantitative estimate of drug-likeness (QED) is 0.375. The molecule has 180 valence electrons. The molecule has 0 atom stereocenters. The molecule has 0 fully saturated rings. The summed E-state index contributed by atoms with van der Waals surface area (Å²) in [6, 6.07) is 16.3. The zero-order valence-electron chi connectivity index (χ0n) is 19.8. The highest BCUT2D eigenvalue weighted by molar-refractivity contribution is 5.92. The molecule has 3 rings (SSSR count). The molecular formula is C27H32N2O5. The van der Waals surface area contributed by atoms with Crippen LogP contribution in [0.1, 0.15) is 50.2 Å². The minimum Gasteiger partial charge on any atom is -0.481 e. The number of benzene rings is 2. The van der Waals surface area contributed by atoms with Crippen molar-refractivity contribution in [2.75, 3.05) is 26.2 Å². The minimum atomic E-state index is -0.829. The standard InChI is InChI=1S/C27H32N2O5/c1-3-29(17-9-8-14-25(30)31)26(32)19(2)15-16-28-27(33)34-18-24-22-12-6-4-10-20(22)21-11-5-7-13-23(21)24/h4-7,10-13,15,24H,3,8-9,14,16-18H2,1-2H3,(H,28,33)(H,30,31)/b19-15+. The molecule has 2 aromatic carbocycles. The smallest absolute Gasteiger partial charge is 0.407 e. The Kier molecular flexibility index (Phi) is 8.85. The van der Waals surface area contributed by atoms with Gasteiger partial charge in [0.25, 0.3) is 0 Å². The van der Waals surface area contributed by atoms with Crippen molar-refractivity contribution in [1.29, 1.82) is 0 Å². The molecule has 0 radical (unpaired) electrons. The zero-order valence-corrected chi connectivity index (χ0v) is 19.8. The maximum absolute atomic E-state index is 12.6. The van der Waals surface area contributed by atoms with Crippen molar-refractivity contribution in [2.24, 2.45) is 0 Å². The van der Waals surface area contributed by atoms with E-state index < -0.39 is 12.1 Å². The van der Waals surface area contributed by atoms with Gasteiger partial charge in [-0.2, -0.15) is 0 Å². The number of carbonyl (C=O) groups excluding carboxylic acids is 2. The molecule has 0 spiro atoms. The van der Waals surface area contributed by atoms with Crippen LogP contribution in [0.4, 0.5) is 4.79 Å². The Morgan fingerprint density at radius 2 is 1.65 bits per heavy atom. The van der Waals surface area contributed by atoms with Crippen LogP contribution < -0.4 is 5.32 Å². The lowest BCUT2D eigenvalue weighted by Crippen LogP contribution is -2.33. The van der Waals surface area contributed by atoms with Crippen LogP contribution in [-0.2, 0) is 14.3 Å². The number of hydrogen-bond donors (Lipinski definition) is 2. The van der Waals surface area contributed by atoms with E-state index in [-0.39, 0.29) is 31.4 Å². The van der Waals surface area contributed by atoms with E-state index >= 15 is 0 Å². The molecule has 0 heterocycles. The number of nitrogens with zero attached hydrogens (tertiary/aromatic N) is 1. The number of carboxylic acids is 1. The molecule has 7 heteroatoms. The third-order valence-electron chi connectivity index (χ3n) is 6.07. The van der Waals surface area contributed by atoms with Crippen LogP contribution in [0.25, 0.3) is 11.1 Å². The van der Waals surface area contributed by atoms with Gasteiger partial charge in [0.15, 0.2) is 0 Å². The fourth-order valence-corrected chi connectivity index (χ4v) is 4.26. The summed E-state index contributed by atoms with van der Waals surface area (Å²) in [5, 5.41) is 11.4. The second-order valence-electron chi connectivity index (χ2n) is 8.33. The van der Waals surface area contributed by atoms with Gasteiger partial charge in [-0.25, -0.2) is 4.79 Å². The summed E-state index contributed by atoms with van der Waals surface area (Å²) in [5.74, 6) is -0.951. The predicted molar refractivity (Wildman–Crippen MR) is 131 cm³/mol. The van der Waals surface area contributed by atoms with Crippen molar-refractivity contribution >= 4 is 18.0 Å². The van der Waals surface area contributed by atoms with Crippen molar-refractivity contribution < 1.29 is 24.2 Å². The molecule has 34 heavy (non-hydrogen) atoms. The van der Waals surface area contributed by atoms with Crippen LogP contribution in [0.15, 0.2) is 60.2 Å². The first kappa shape index (κ1) is 25.0. The number of carbonyl (C=O) groups is 3. The van der Waals surface area contributed by atoms with Crippen LogP contribution >= 0.6 is 0 Å². The molecular weight excluding hydrogens is 432 g/mol. The highest BCUT2D eigenvalue weighted by Crippen LogP contribution is 2.44. The van der Waals surface area contributed by atoms with Gasteiger partial charge in [0.1, 0.15) is 6.61 Å². The van der Waals surface area contributed by atoms with Gasteiger partial charge < -0.3 is 20.1 Å². The van der Waals surface area contributed by atoms with Gasteiger partial charge in [0, 0.05) is 37.5 Å². The third-order valence-corrected chi connectivity index (χ3v) is 6.07. The maximum Gasteiger partial charge on any atom is 0.407 e. The summed E-state index contributed by atoms with van der Waals surface area (Å²) in [6.45, 7) is 5.07. The first-order chi connectivity index (χ1) is 16.4. The number of nitrogens with one attached hydrogen (secondary N) is 1. The molecule has 7 nitrogen and oxygen atoms in total. The molecule has 0 aliphatic heterocycles. The van der Waals surface area contributed by atoms with E-state index in [1.807, 2.05) is 31.2 Å². The van der Waals surface area contributed by atoms with Crippen molar-refractivity contribution in [2.45, 2.75) is 39.0 Å². The Balaban J connectivity index is 1.48. The maximum atomic E-state index is 12.6. The van der Waals surface area contributed by atoms with Crippen molar-refractivity contribution in [3.05, 3.63) is 71.3 Å². The lowest BCUT2D eigenvalue weighted by molar-refractivity contribution is -0.137. The number of carboxylic acid groups (broad SMARTS) is 1. The second-order valence-corrected chi connectivity index (χ2v) is 8.33. The van der Waals surface area contributed by atoms with Crippen LogP contribution in [0.5, 0.6) is 0 Å². The molecule has 0 saturated carbocycles. The van der Waals surface area contributed by atoms with Crippen LogP contribution in [0, 0.1) is 0 Å². The Morgan fingerprint density at radius 3 is 2.24 bits per heavy atom. The topological polar surface area (TPSA) is 95.9 Å². The van der Waals surface area contributed by atoms with E-state index in [1.54, 1.807) is 17.9 Å². The van der Waals surface area contributed by atoms with Crippen molar-refractivity contribution in [3.8, 4) is 11.1 Å². The fraction of sp³-hybridized carbons (Fsp3) is 0.370. The number of alkyl carbamates (subject to hydrolysis) is 1. The monoisotopic (exact) mass is 464 g/mol. The molecule has 1 aliphatic rings. The molecule has 2 amide bonds. The van der Waals surface area contributed by atoms with Crippen LogP contribution in [-0.4, -0.2) is 54.2 Å². The summed E-state index contributed by atoms with van der Waals surface area (Å²) in [4.78, 5) is 37.2. The molecule has 0 aromatic heterocycles. The third kappa shape index (κ3) is 6.25. The Hall–Kier alpha value is -3.61. The minimum absolute atomic E-state index is 0.00348. The van der Waals surface area contributed by atoms with Gasteiger partial charge >= 0.3 is 12.1 Å². The van der Waals surface area contributed by atoms with Crippen LogP contribution in [0.3, 0.4) is 0 Å². The molecule has 0 bridgehead atoms. The summed E-state index contributed by atoms with van der Waals surface area (Å²) >= 11 is 0. The summed E-state index contributed by atoms with van der Waals surface area (Å²) < 4.78 is 5.51. The van der Waals surface area contributed by atoms with Crippen molar-refractivity contribution in [3.63, 3.8) is 0 Å². The molecule has 2 N–H and O–H groups in total. The van der Waals surface area contributed by atoms with Gasteiger partial charge in [-0.05, 0) is 48.9 Å². The van der Waals surface area contributed by atoms with E-state index in [9.17, 15) is 14.4 Å². The first-order valence-electron chi connectivity index (χ1n) is 11.7. The number of fused-ring (bicyclic) bond motifs is 3. The number of hydrogen-bond acceptors (Lipinski definition) is 4. The average Bonchev–Trinajstić information content (AvgIpc) is 3.16. The van der Waals surface area contributed by atoms with E-state index in [1.165, 1.54) is 11.1 Å². The van der Waals surface area contributed by atoms with E-state index in [0.717, 1.165) is 11.1 Å². The number of rotatable bonds is 11. The number of ether oxygens (including phenoxy) is 1. The molecule has 1 aliphatic carbocycles. The summed E-state index contributed by atoms with van der Waals surface area (Å²) in [6.07, 6.45) is 2.41. The lowest BCUT2D eigenvalue weighted by Gasteiger charge is -2.21. The number of aliphatic carboxylic acids is 1. The van der Waals surface area contributed by atoms with Gasteiger partial charge in [-0.15, -0.1) is 0 Å². The van der Waals surface area contributed by atoms with E-state index in [2.05, 4.69) is 29.6 Å². The van der Waals surface area contributed by atoms with Gasteiger partial charge in [0.05, 0.1) is 0 Å². The highest BCUT2D eigenvalue weighted by Gasteiger charge is 2.28. The SMILES string of the molecule is CCN(CCCCC(=O)O)C(=O)/C(C)=C/CNC(=O)OCC1c2ccccc2-c2ccccc21. The van der Waals surface area contributed by atoms with Crippen molar-refractivity contribution in [1.82, 2.24) is 10.2 Å². The largest absolute Gasteiger partial charge is 0.481 e. The Morgan fingerprint density at radius 1 is 1.03 bits per heavy atom. The lowest BCUT2D eigenvalue weighted by atomic mass is 9.98. The van der Waals surface area contributed by atoms with Gasteiger partial charge in [-0.3, -0.25) is 9.59 Å². The summed E-state index contributed by atoms with van der Waals surface area (Å²) in [5.41, 5.74) is 5.18. The predicted octanol–water partition coefficient (Wildman–Crippen LogP) is 4.57. The molecule has 0 unspecified atom stereocenters. The van der Waals surface area contributed by atoms with Gasteiger partial charge in [0.2, 0.25) is 5.91 Å². The van der Waals surface area contributed by atoms with Gasteiger partial charge in [-0.1, -0.05) is 54.6 Å². The normalized spacial score (nSPS) is 12.6. The highest BCUT2D eigenvalue weighted by atomic mass is 16.5. The van der Waals surface area contributed by atoms with E-state index in [4.69, 9.17) is 9.84 Å². The average molecular weight is 465 g/mol. The molecule has 0 saturated heterocycles. The summed E-state index contributed by atoms with van der Waals surface area (Å²) in [7, 11) is 0.